The molecule has 2 aromatic carbocycles. The minimum Gasteiger partial charge on any atom is -0.497 e. The van der Waals surface area contributed by atoms with Gasteiger partial charge in [-0.15, -0.1) is 24.9 Å². The van der Waals surface area contributed by atoms with Crippen molar-refractivity contribution in [2.45, 2.75) is 52.6 Å². The number of anilines is 1. The second-order valence-electron chi connectivity index (χ2n) is 11.5. The Bertz CT molecular complexity index is 1370. The molecule has 3 fully saturated rings. The summed E-state index contributed by atoms with van der Waals surface area (Å²) in [6, 6.07) is 15.2. The highest BCUT2D eigenvalue weighted by atomic mass is 79.9. The molecule has 44 heavy (non-hydrogen) atoms. The number of rotatable bonds is 14. The van der Waals surface area contributed by atoms with E-state index < -0.39 is 34.6 Å². The van der Waals surface area contributed by atoms with E-state index in [2.05, 4.69) is 29.1 Å². The van der Waals surface area contributed by atoms with E-state index in [1.54, 1.807) is 65.1 Å². The van der Waals surface area contributed by atoms with Gasteiger partial charge in [0.2, 0.25) is 5.91 Å². The van der Waals surface area contributed by atoms with E-state index in [9.17, 15) is 19.5 Å². The van der Waals surface area contributed by atoms with Crippen LogP contribution in [0.5, 0.6) is 5.75 Å². The maximum Gasteiger partial charge on any atom is 0.310 e. The molecule has 0 aromatic heterocycles. The molecule has 3 unspecified atom stereocenters. The molecular weight excluding hydrogens is 644 g/mol. The van der Waals surface area contributed by atoms with Crippen LogP contribution in [0.3, 0.4) is 0 Å². The van der Waals surface area contributed by atoms with Crippen LogP contribution in [-0.4, -0.2) is 81.6 Å². The predicted molar refractivity (Wildman–Crippen MR) is 176 cm³/mol. The van der Waals surface area contributed by atoms with Gasteiger partial charge < -0.3 is 24.4 Å². The van der Waals surface area contributed by atoms with Crippen molar-refractivity contribution < 1.29 is 29.0 Å². The van der Waals surface area contributed by atoms with E-state index in [1.165, 1.54) is 0 Å². The Morgan fingerprint density at radius 1 is 1.18 bits per heavy atom. The molecule has 3 aliphatic rings. The van der Waals surface area contributed by atoms with Crippen LogP contribution in [0.15, 0.2) is 79.9 Å². The number of carbonyl (C=O) groups is 3. The Hall–Kier alpha value is -3.08. The second kappa shape index (κ2) is 13.9. The van der Waals surface area contributed by atoms with Gasteiger partial charge in [0.25, 0.3) is 5.91 Å². The van der Waals surface area contributed by atoms with Gasteiger partial charge in [-0.1, -0.05) is 58.4 Å². The van der Waals surface area contributed by atoms with Crippen molar-refractivity contribution in [1.82, 2.24) is 4.90 Å². The molecule has 10 heteroatoms. The third-order valence-corrected chi connectivity index (χ3v) is 12.1. The van der Waals surface area contributed by atoms with E-state index in [1.807, 2.05) is 30.3 Å². The second-order valence-corrected chi connectivity index (χ2v) is 14.2. The third kappa shape index (κ3) is 5.84. The number of aliphatic hydroxyl groups excluding tert-OH is 1. The molecule has 3 saturated heterocycles. The molecule has 7 atom stereocenters. The van der Waals surface area contributed by atoms with Crippen LogP contribution >= 0.6 is 27.7 Å². The quantitative estimate of drug-likeness (QED) is 0.133. The lowest BCUT2D eigenvalue weighted by Gasteiger charge is -2.40. The summed E-state index contributed by atoms with van der Waals surface area (Å²) in [5.74, 6) is -1.77. The van der Waals surface area contributed by atoms with Crippen LogP contribution < -0.4 is 9.64 Å². The van der Waals surface area contributed by atoms with Crippen molar-refractivity contribution in [3.05, 3.63) is 85.5 Å². The number of likely N-dealkylation sites (tertiary alicyclic amines) is 1. The van der Waals surface area contributed by atoms with Gasteiger partial charge in [0.15, 0.2) is 0 Å². The monoisotopic (exact) mass is 682 g/mol. The molecule has 3 aliphatic heterocycles. The molecule has 0 saturated carbocycles. The lowest BCUT2D eigenvalue weighted by molar-refractivity contribution is -0.154. The normalized spacial score (nSPS) is 27.5. The van der Waals surface area contributed by atoms with E-state index in [0.29, 0.717) is 30.7 Å². The predicted octanol–water partition coefficient (Wildman–Crippen LogP) is 4.79. The molecule has 8 nitrogen and oxygen atoms in total. The van der Waals surface area contributed by atoms with Crippen molar-refractivity contribution in [3.63, 3.8) is 0 Å². The molecule has 0 radical (unpaired) electrons. The molecule has 2 bridgehead atoms. The van der Waals surface area contributed by atoms with Gasteiger partial charge in [-0.05, 0) is 55.5 Å². The maximum atomic E-state index is 14.9. The van der Waals surface area contributed by atoms with E-state index in [0.717, 1.165) is 12.0 Å². The first-order valence-corrected chi connectivity index (χ1v) is 16.7. The van der Waals surface area contributed by atoms with Crippen LogP contribution in [0, 0.1) is 11.8 Å². The fraction of sp³-hybridized carbons (Fsp3) is 0.441. The van der Waals surface area contributed by atoms with Crippen molar-refractivity contribution in [2.24, 2.45) is 11.8 Å². The number of methoxy groups -OCH3 is 1. The molecule has 2 amide bonds. The fourth-order valence-electron chi connectivity index (χ4n) is 7.00. The number of halogens is 1. The lowest BCUT2D eigenvalue weighted by Crippen LogP contribution is -2.58. The first-order chi connectivity index (χ1) is 21.3. The van der Waals surface area contributed by atoms with E-state index in [4.69, 9.17) is 9.47 Å². The zero-order chi connectivity index (χ0) is 31.4. The highest BCUT2D eigenvalue weighted by Gasteiger charge is 2.76. The number of unbranched alkanes of at least 4 members (excludes halogenated alkanes) is 1. The highest BCUT2D eigenvalue weighted by Crippen LogP contribution is 2.68. The zero-order valence-electron chi connectivity index (χ0n) is 24.8. The molecule has 5 rings (SSSR count). The topological polar surface area (TPSA) is 96.4 Å². The minimum absolute atomic E-state index is 0.0898. The number of alkyl halides is 1. The Kier molecular flexibility index (Phi) is 10.2. The van der Waals surface area contributed by atoms with Crippen LogP contribution in [0.25, 0.3) is 0 Å². The van der Waals surface area contributed by atoms with Crippen LogP contribution in [0.1, 0.15) is 24.8 Å². The summed E-state index contributed by atoms with van der Waals surface area (Å²) in [6.45, 7) is 7.74. The number of ether oxygens (including phenoxy) is 2. The number of hydrogen-bond acceptors (Lipinski definition) is 7. The summed E-state index contributed by atoms with van der Waals surface area (Å²) in [5.41, 5.74) is 1.57. The Morgan fingerprint density at radius 3 is 2.55 bits per heavy atom. The van der Waals surface area contributed by atoms with Gasteiger partial charge in [0.1, 0.15) is 11.8 Å². The third-order valence-electron chi connectivity index (χ3n) is 8.91. The van der Waals surface area contributed by atoms with Crippen molar-refractivity contribution in [2.75, 3.05) is 31.8 Å². The highest BCUT2D eigenvalue weighted by molar-refractivity contribution is 9.09. The summed E-state index contributed by atoms with van der Waals surface area (Å²) in [5, 5.41) is 10.5. The average molecular weight is 684 g/mol. The van der Waals surface area contributed by atoms with E-state index in [-0.39, 0.29) is 41.6 Å². The van der Waals surface area contributed by atoms with Crippen LogP contribution in [-0.2, 0) is 25.5 Å². The fourth-order valence-corrected chi connectivity index (χ4v) is 10.6. The number of carbonyl (C=O) groups excluding carboxylic acids is 3. The minimum atomic E-state index is -0.920. The van der Waals surface area contributed by atoms with Gasteiger partial charge in [0.05, 0.1) is 42.9 Å². The molecule has 0 aliphatic carbocycles. The number of esters is 1. The molecule has 1 spiro atoms. The number of fused-ring (bicyclic) bond motifs is 1. The summed E-state index contributed by atoms with van der Waals surface area (Å²) in [4.78, 5) is 46.3. The average Bonchev–Trinajstić information content (AvgIpc) is 3.64. The number of amides is 2. The van der Waals surface area contributed by atoms with Gasteiger partial charge >= 0.3 is 5.97 Å². The van der Waals surface area contributed by atoms with Gasteiger partial charge in [0, 0.05) is 22.3 Å². The Labute approximate surface area is 271 Å². The van der Waals surface area contributed by atoms with Crippen molar-refractivity contribution in [1.29, 1.82) is 0 Å². The number of benzene rings is 2. The standard InChI is InChI=1S/C34H39BrN2O6S/c1-4-6-10-18-43-33(41)27-28-31(39)37(24(21-38)19-22-11-8-7-9-12-22)30(34(28)20-26(35)29(27)44-34)32(40)36(17-5-2)23-13-15-25(42-3)16-14-23/h4-5,7-9,11-16,24,26-30,38H,1-2,6,10,17-21H2,3H3/t24-,26?,27-,28+,29-,30?,34?/m1/s1. The number of aliphatic hydroxyl groups is 1. The zero-order valence-corrected chi connectivity index (χ0v) is 27.3. The number of hydrogen-bond donors (Lipinski definition) is 1. The van der Waals surface area contributed by atoms with Crippen molar-refractivity contribution in [3.8, 4) is 5.75 Å². The first kappa shape index (κ1) is 32.3. The molecule has 234 valence electrons. The Morgan fingerprint density at radius 2 is 1.91 bits per heavy atom. The Balaban J connectivity index is 1.57. The number of allylic oxidation sites excluding steroid dienone is 1. The molecular formula is C34H39BrN2O6S. The molecule has 3 heterocycles. The van der Waals surface area contributed by atoms with Gasteiger partial charge in [-0.25, -0.2) is 0 Å². The largest absolute Gasteiger partial charge is 0.497 e. The smallest absolute Gasteiger partial charge is 0.310 e. The summed E-state index contributed by atoms with van der Waals surface area (Å²) in [7, 11) is 1.58. The maximum absolute atomic E-state index is 14.9. The van der Waals surface area contributed by atoms with E-state index >= 15 is 0 Å². The van der Waals surface area contributed by atoms with Crippen LogP contribution in [0.4, 0.5) is 5.69 Å². The number of nitrogens with zero attached hydrogens (tertiary/aromatic N) is 2. The van der Waals surface area contributed by atoms with Crippen molar-refractivity contribution >= 4 is 51.2 Å². The molecule has 1 N–H and O–H groups in total. The molecule has 2 aromatic rings. The first-order valence-electron chi connectivity index (χ1n) is 14.9. The lowest BCUT2D eigenvalue weighted by atomic mass is 9.71. The number of thioether (sulfide) groups is 1. The van der Waals surface area contributed by atoms with Crippen LogP contribution in [0.2, 0.25) is 0 Å². The SMILES string of the molecule is C=CCCCOC(=O)[C@H]1[C@@H]2SC3(CC2Br)C(C(=O)N(CC=C)c2ccc(OC)cc2)N([C@@H](CO)Cc2ccccc2)C(=O)[C@H]13. The summed E-state index contributed by atoms with van der Waals surface area (Å²) < 4.78 is 10.2. The summed E-state index contributed by atoms with van der Waals surface area (Å²) >= 11 is 5.36. The summed E-state index contributed by atoms with van der Waals surface area (Å²) in [6.07, 6.45) is 5.69. The van der Waals surface area contributed by atoms with Gasteiger partial charge in [-0.3, -0.25) is 14.4 Å². The van der Waals surface area contributed by atoms with Gasteiger partial charge in [-0.2, -0.15) is 0 Å².